The Hall–Kier alpha value is -5.57. The minimum atomic E-state index is -4.53. The van der Waals surface area contributed by atoms with Crippen molar-refractivity contribution < 1.29 is 22.3 Å². The van der Waals surface area contributed by atoms with Gasteiger partial charge in [-0.2, -0.15) is 5.10 Å². The molecule has 15 heteroatoms. The highest BCUT2D eigenvalue weighted by Gasteiger charge is 2.30. The van der Waals surface area contributed by atoms with Gasteiger partial charge in [-0.05, 0) is 84.3 Å². The second kappa shape index (κ2) is 15.4. The van der Waals surface area contributed by atoms with Gasteiger partial charge in [-0.3, -0.25) is 14.4 Å². The number of ether oxygens (including phenoxy) is 1. The first-order valence-electron chi connectivity index (χ1n) is 18.7. The summed E-state index contributed by atoms with van der Waals surface area (Å²) in [6, 6.07) is 18.8. The molecule has 0 radical (unpaired) electrons. The number of allylic oxidation sites excluding steroid dienone is 1. The van der Waals surface area contributed by atoms with Gasteiger partial charge in [0.25, 0.3) is 15.9 Å². The molecule has 1 fully saturated rings. The van der Waals surface area contributed by atoms with Crippen LogP contribution in [0.15, 0.2) is 102 Å². The number of pyridine rings is 2. The van der Waals surface area contributed by atoms with E-state index in [0.717, 1.165) is 67.1 Å². The van der Waals surface area contributed by atoms with Crippen LogP contribution in [0.25, 0.3) is 27.9 Å². The van der Waals surface area contributed by atoms with Gasteiger partial charge in [-0.1, -0.05) is 43.2 Å². The first-order valence-corrected chi connectivity index (χ1v) is 20.6. The van der Waals surface area contributed by atoms with Crippen LogP contribution in [-0.4, -0.2) is 76.7 Å². The number of sulfonamides is 1. The first-order chi connectivity index (χ1) is 27.3. The zero-order valence-electron chi connectivity index (χ0n) is 31.8. The molecule has 0 saturated carbocycles. The molecule has 4 aromatic heterocycles. The number of piperazine rings is 1. The lowest BCUT2D eigenvalue weighted by molar-refractivity contribution is 0.0976. The number of nitrogens with one attached hydrogen (secondary N) is 2. The van der Waals surface area contributed by atoms with Crippen molar-refractivity contribution in [2.45, 2.75) is 38.0 Å². The number of carbonyl (C=O) groups excluding carboxylic acids is 1. The number of halogens is 2. The SMILES string of the molecule is Cn1cc(-c2nc(C(=O)NS(=O)(=O)c3ccc(N4CCN(CC5=C(c6ccc(Cl)cc6)CC(C)(C)CC5)CC4)cc3Oc3cnc4[nH]ccc4c3)ccc2F)cn1. The van der Waals surface area contributed by atoms with Gasteiger partial charge >= 0.3 is 0 Å². The van der Waals surface area contributed by atoms with Crippen LogP contribution in [0.2, 0.25) is 5.02 Å². The number of nitrogens with zero attached hydrogens (tertiary/aromatic N) is 6. The van der Waals surface area contributed by atoms with Gasteiger partial charge in [0.1, 0.15) is 39.2 Å². The van der Waals surface area contributed by atoms with Crippen molar-refractivity contribution in [3.8, 4) is 22.8 Å². The summed E-state index contributed by atoms with van der Waals surface area (Å²) >= 11 is 6.23. The van der Waals surface area contributed by atoms with E-state index in [1.54, 1.807) is 37.6 Å². The average Bonchev–Trinajstić information content (AvgIpc) is 3.84. The van der Waals surface area contributed by atoms with Crippen molar-refractivity contribution in [3.05, 3.63) is 119 Å². The number of hydrogen-bond acceptors (Lipinski definition) is 9. The molecular weight excluding hydrogens is 767 g/mol. The molecule has 1 aliphatic carbocycles. The van der Waals surface area contributed by atoms with Crippen molar-refractivity contribution in [1.82, 2.24) is 34.4 Å². The Morgan fingerprint density at radius 1 is 1.00 bits per heavy atom. The van der Waals surface area contributed by atoms with E-state index >= 15 is 0 Å². The molecule has 5 heterocycles. The maximum absolute atomic E-state index is 14.7. The predicted molar refractivity (Wildman–Crippen MR) is 218 cm³/mol. The summed E-state index contributed by atoms with van der Waals surface area (Å²) in [6.45, 7) is 8.60. The quantitative estimate of drug-likeness (QED) is 0.142. The van der Waals surface area contributed by atoms with E-state index in [1.807, 2.05) is 18.2 Å². The molecule has 2 aromatic carbocycles. The normalized spacial score (nSPS) is 16.3. The van der Waals surface area contributed by atoms with E-state index in [-0.39, 0.29) is 27.4 Å². The molecule has 6 aromatic rings. The van der Waals surface area contributed by atoms with Crippen molar-refractivity contribution >= 4 is 49.8 Å². The van der Waals surface area contributed by atoms with Crippen LogP contribution in [0, 0.1) is 11.2 Å². The zero-order valence-corrected chi connectivity index (χ0v) is 33.4. The summed E-state index contributed by atoms with van der Waals surface area (Å²) in [6.07, 6.45) is 9.40. The van der Waals surface area contributed by atoms with Crippen LogP contribution >= 0.6 is 11.6 Å². The van der Waals surface area contributed by atoms with Crippen molar-refractivity contribution in [2.75, 3.05) is 37.6 Å². The molecule has 294 valence electrons. The zero-order chi connectivity index (χ0) is 39.9. The summed E-state index contributed by atoms with van der Waals surface area (Å²) in [7, 11) is -2.86. The number of fused-ring (bicyclic) bond motifs is 1. The number of aromatic nitrogens is 5. The Morgan fingerprint density at radius 2 is 1.79 bits per heavy atom. The Labute approximate surface area is 335 Å². The van der Waals surface area contributed by atoms with Gasteiger partial charge in [0.2, 0.25) is 0 Å². The standard InChI is InChI=1S/C42H42ClFN8O4S/c1-42(2)14-12-29(34(22-42)27-4-6-31(43)7-5-27)26-51-16-18-52(19-17-51)32-8-11-38(37(21-32)56-33-20-28-13-15-45-40(28)46-24-33)57(54,55)49-41(53)36-10-9-35(44)39(48-36)30-23-47-50(3)25-30/h4-11,13,15,20-21,23-25H,12,14,16-19,22,26H2,1-3H3,(H,45,46)(H,49,53). The van der Waals surface area contributed by atoms with E-state index < -0.39 is 21.7 Å². The van der Waals surface area contributed by atoms with Gasteiger partial charge in [-0.25, -0.2) is 27.5 Å². The largest absolute Gasteiger partial charge is 0.454 e. The number of rotatable bonds is 10. The van der Waals surface area contributed by atoms with E-state index in [0.29, 0.717) is 30.0 Å². The van der Waals surface area contributed by atoms with Gasteiger partial charge in [-0.15, -0.1) is 0 Å². The summed E-state index contributed by atoms with van der Waals surface area (Å²) in [5.41, 5.74) is 5.68. The lowest BCUT2D eigenvalue weighted by Crippen LogP contribution is -2.47. The highest BCUT2D eigenvalue weighted by atomic mass is 35.5. The lowest BCUT2D eigenvalue weighted by atomic mass is 9.72. The molecule has 1 saturated heterocycles. The lowest BCUT2D eigenvalue weighted by Gasteiger charge is -2.39. The van der Waals surface area contributed by atoms with Gasteiger partial charge < -0.3 is 14.6 Å². The molecule has 12 nitrogen and oxygen atoms in total. The fraction of sp³-hybridized carbons (Fsp3) is 0.286. The van der Waals surface area contributed by atoms with Crippen LogP contribution in [0.4, 0.5) is 10.1 Å². The highest BCUT2D eigenvalue weighted by Crippen LogP contribution is 2.43. The molecule has 0 atom stereocenters. The molecule has 1 aliphatic heterocycles. The van der Waals surface area contributed by atoms with Crippen LogP contribution in [0.3, 0.4) is 0 Å². The first kappa shape index (κ1) is 38.3. The van der Waals surface area contributed by atoms with E-state index in [1.165, 1.54) is 39.9 Å². The predicted octanol–water partition coefficient (Wildman–Crippen LogP) is 7.85. The molecule has 2 N–H and O–H groups in total. The number of aryl methyl sites for hydroxylation is 1. The second-order valence-corrected chi connectivity index (χ2v) is 17.5. The number of H-pyrrole nitrogens is 1. The monoisotopic (exact) mass is 808 g/mol. The summed E-state index contributed by atoms with van der Waals surface area (Å²) in [5.74, 6) is -1.39. The number of aromatic amines is 1. The minimum absolute atomic E-state index is 0.0117. The van der Waals surface area contributed by atoms with Crippen molar-refractivity contribution in [3.63, 3.8) is 0 Å². The number of carbonyl (C=O) groups is 1. The summed E-state index contributed by atoms with van der Waals surface area (Å²) < 4.78 is 52.4. The molecule has 0 bridgehead atoms. The molecular formula is C42H42ClFN8O4S. The van der Waals surface area contributed by atoms with Crippen molar-refractivity contribution in [1.29, 1.82) is 0 Å². The van der Waals surface area contributed by atoms with Crippen LogP contribution in [0.1, 0.15) is 49.2 Å². The third-order valence-electron chi connectivity index (χ3n) is 10.6. The second-order valence-electron chi connectivity index (χ2n) is 15.4. The van der Waals surface area contributed by atoms with Crippen LogP contribution < -0.4 is 14.4 Å². The van der Waals surface area contributed by atoms with Crippen LogP contribution in [0.5, 0.6) is 11.5 Å². The molecule has 0 unspecified atom stereocenters. The minimum Gasteiger partial charge on any atom is -0.454 e. The van der Waals surface area contributed by atoms with Crippen molar-refractivity contribution in [2.24, 2.45) is 12.5 Å². The fourth-order valence-corrected chi connectivity index (χ4v) is 8.74. The molecule has 8 rings (SSSR count). The van der Waals surface area contributed by atoms with Crippen LogP contribution in [-0.2, 0) is 17.1 Å². The van der Waals surface area contributed by atoms with Gasteiger partial charge in [0, 0.05) is 79.9 Å². The Kier molecular flexibility index (Phi) is 10.4. The van der Waals surface area contributed by atoms with Gasteiger partial charge in [0.15, 0.2) is 0 Å². The molecule has 2 aliphatic rings. The molecule has 57 heavy (non-hydrogen) atoms. The molecule has 1 amide bonds. The Morgan fingerprint density at radius 3 is 2.54 bits per heavy atom. The third kappa shape index (κ3) is 8.43. The number of hydrogen-bond donors (Lipinski definition) is 2. The Bertz CT molecular complexity index is 2610. The highest BCUT2D eigenvalue weighted by molar-refractivity contribution is 7.90. The summed E-state index contributed by atoms with van der Waals surface area (Å²) in [5, 5.41) is 5.54. The third-order valence-corrected chi connectivity index (χ3v) is 12.3. The number of benzene rings is 2. The average molecular weight is 809 g/mol. The van der Waals surface area contributed by atoms with E-state index in [9.17, 15) is 17.6 Å². The fourth-order valence-electron chi connectivity index (χ4n) is 7.54. The van der Waals surface area contributed by atoms with E-state index in [4.69, 9.17) is 16.3 Å². The summed E-state index contributed by atoms with van der Waals surface area (Å²) in [4.78, 5) is 29.4. The van der Waals surface area contributed by atoms with E-state index in [2.05, 4.69) is 60.6 Å². The Balaban J connectivity index is 1.03. The maximum atomic E-state index is 14.7. The number of anilines is 1. The van der Waals surface area contributed by atoms with Gasteiger partial charge in [0.05, 0.1) is 12.4 Å². The topological polar surface area (TPSA) is 138 Å². The molecule has 0 spiro atoms. The maximum Gasteiger partial charge on any atom is 0.283 e. The smallest absolute Gasteiger partial charge is 0.283 e. The number of amides is 1.